The molecule has 2 unspecified atom stereocenters. The third-order valence-corrected chi connectivity index (χ3v) is 7.61. The molecule has 4 nitrogen and oxygen atoms in total. The molecule has 0 aromatic heterocycles. The standard InChI is InChI=1S/C29H39FN2O2/c1-21(2)29(33)32(25-12-5-4-6-13-25)19-24-18-31(17-23-10-7-8-15-28(23)30)20-27(24)22-11-9-14-26(16-22)34-3/h7-11,14-16,21,24-25,27H,4-6,12-13,17-20H2,1-3H3. The second-order valence-corrected chi connectivity index (χ2v) is 10.4. The van der Waals surface area contributed by atoms with Crippen molar-refractivity contribution in [2.75, 3.05) is 26.7 Å². The molecule has 1 saturated heterocycles. The van der Waals surface area contributed by atoms with Crippen LogP contribution in [0, 0.1) is 17.7 Å². The molecule has 184 valence electrons. The number of methoxy groups -OCH3 is 1. The zero-order chi connectivity index (χ0) is 24.1. The van der Waals surface area contributed by atoms with E-state index in [2.05, 4.69) is 21.9 Å². The molecule has 0 spiro atoms. The minimum atomic E-state index is -0.150. The Morgan fingerprint density at radius 2 is 1.85 bits per heavy atom. The predicted molar refractivity (Wildman–Crippen MR) is 134 cm³/mol. The molecule has 0 bridgehead atoms. The number of benzene rings is 2. The van der Waals surface area contributed by atoms with Gasteiger partial charge in [0.25, 0.3) is 0 Å². The van der Waals surface area contributed by atoms with Gasteiger partial charge in [-0.15, -0.1) is 0 Å². The fraction of sp³-hybridized carbons (Fsp3) is 0.552. The lowest BCUT2D eigenvalue weighted by Crippen LogP contribution is -2.47. The van der Waals surface area contributed by atoms with Crippen molar-refractivity contribution in [3.8, 4) is 5.75 Å². The van der Waals surface area contributed by atoms with Crippen LogP contribution in [-0.2, 0) is 11.3 Å². The lowest BCUT2D eigenvalue weighted by atomic mass is 9.86. The van der Waals surface area contributed by atoms with Gasteiger partial charge in [0.15, 0.2) is 0 Å². The summed E-state index contributed by atoms with van der Waals surface area (Å²) in [5.41, 5.74) is 1.97. The monoisotopic (exact) mass is 466 g/mol. The average Bonchev–Trinajstić information content (AvgIpc) is 3.26. The van der Waals surface area contributed by atoms with Crippen LogP contribution in [0.4, 0.5) is 4.39 Å². The van der Waals surface area contributed by atoms with E-state index >= 15 is 0 Å². The number of amides is 1. The van der Waals surface area contributed by atoms with Crippen LogP contribution < -0.4 is 4.74 Å². The SMILES string of the molecule is COc1cccc(C2CN(Cc3ccccc3F)CC2CN(C(=O)C(C)C)C2CCCCC2)c1. The number of rotatable bonds is 8. The van der Waals surface area contributed by atoms with E-state index in [0.717, 1.165) is 43.8 Å². The highest BCUT2D eigenvalue weighted by molar-refractivity contribution is 5.78. The molecule has 2 atom stereocenters. The number of ether oxygens (including phenoxy) is 1. The molecule has 1 aliphatic carbocycles. The van der Waals surface area contributed by atoms with Crippen molar-refractivity contribution in [1.82, 2.24) is 9.80 Å². The van der Waals surface area contributed by atoms with Gasteiger partial charge in [0.2, 0.25) is 5.91 Å². The number of carbonyl (C=O) groups is 1. The van der Waals surface area contributed by atoms with Crippen molar-refractivity contribution in [2.24, 2.45) is 11.8 Å². The maximum absolute atomic E-state index is 14.4. The Morgan fingerprint density at radius 1 is 1.09 bits per heavy atom. The Labute approximate surface area is 204 Å². The van der Waals surface area contributed by atoms with Crippen molar-refractivity contribution < 1.29 is 13.9 Å². The van der Waals surface area contributed by atoms with Crippen LogP contribution in [0.3, 0.4) is 0 Å². The summed E-state index contributed by atoms with van der Waals surface area (Å²) >= 11 is 0. The van der Waals surface area contributed by atoms with Gasteiger partial charge in [-0.2, -0.15) is 0 Å². The Hall–Kier alpha value is -2.40. The van der Waals surface area contributed by atoms with E-state index in [9.17, 15) is 9.18 Å². The smallest absolute Gasteiger partial charge is 0.225 e. The zero-order valence-electron chi connectivity index (χ0n) is 20.9. The fourth-order valence-corrected chi connectivity index (χ4v) is 5.79. The summed E-state index contributed by atoms with van der Waals surface area (Å²) in [6.07, 6.45) is 5.89. The van der Waals surface area contributed by atoms with Gasteiger partial charge in [-0.05, 0) is 42.5 Å². The predicted octanol–water partition coefficient (Wildman–Crippen LogP) is 5.87. The first kappa shape index (κ1) is 24.7. The Kier molecular flexibility index (Phi) is 8.25. The lowest BCUT2D eigenvalue weighted by molar-refractivity contribution is -0.138. The molecule has 2 fully saturated rings. The van der Waals surface area contributed by atoms with Gasteiger partial charge in [-0.25, -0.2) is 4.39 Å². The van der Waals surface area contributed by atoms with E-state index in [1.807, 2.05) is 38.1 Å². The van der Waals surface area contributed by atoms with Gasteiger partial charge in [0.1, 0.15) is 11.6 Å². The molecule has 1 saturated carbocycles. The number of likely N-dealkylation sites (tertiary alicyclic amines) is 1. The second-order valence-electron chi connectivity index (χ2n) is 10.4. The number of halogens is 1. The number of hydrogen-bond acceptors (Lipinski definition) is 3. The first-order valence-corrected chi connectivity index (χ1v) is 12.9. The van der Waals surface area contributed by atoms with Crippen molar-refractivity contribution in [2.45, 2.75) is 64.5 Å². The van der Waals surface area contributed by atoms with Crippen LogP contribution in [0.25, 0.3) is 0 Å². The summed E-state index contributed by atoms with van der Waals surface area (Å²) in [5, 5.41) is 0. The fourth-order valence-electron chi connectivity index (χ4n) is 5.79. The largest absolute Gasteiger partial charge is 0.497 e. The van der Waals surface area contributed by atoms with E-state index in [1.54, 1.807) is 13.2 Å². The topological polar surface area (TPSA) is 32.8 Å². The molecule has 1 amide bonds. The van der Waals surface area contributed by atoms with E-state index in [4.69, 9.17) is 4.74 Å². The normalized spacial score (nSPS) is 21.7. The number of hydrogen-bond donors (Lipinski definition) is 0. The molecular formula is C29H39FN2O2. The highest BCUT2D eigenvalue weighted by Crippen LogP contribution is 2.37. The summed E-state index contributed by atoms with van der Waals surface area (Å²) in [5.74, 6) is 1.53. The molecule has 1 aliphatic heterocycles. The van der Waals surface area contributed by atoms with E-state index < -0.39 is 0 Å². The Balaban J connectivity index is 1.60. The molecule has 0 N–H and O–H groups in total. The van der Waals surface area contributed by atoms with Gasteiger partial charge in [0, 0.05) is 49.6 Å². The third-order valence-electron chi connectivity index (χ3n) is 7.61. The molecule has 2 aromatic rings. The van der Waals surface area contributed by atoms with Gasteiger partial charge < -0.3 is 9.64 Å². The maximum Gasteiger partial charge on any atom is 0.225 e. The first-order chi connectivity index (χ1) is 16.5. The molecule has 2 aliphatic rings. The summed E-state index contributed by atoms with van der Waals surface area (Å²) in [4.78, 5) is 17.9. The molecule has 0 radical (unpaired) electrons. The summed E-state index contributed by atoms with van der Waals surface area (Å²) in [6, 6.07) is 15.7. The summed E-state index contributed by atoms with van der Waals surface area (Å²) in [7, 11) is 1.70. The van der Waals surface area contributed by atoms with Crippen LogP contribution in [0.1, 0.15) is 63.0 Å². The van der Waals surface area contributed by atoms with Crippen molar-refractivity contribution in [3.63, 3.8) is 0 Å². The second kappa shape index (κ2) is 11.4. The number of nitrogens with zero attached hydrogens (tertiary/aromatic N) is 2. The summed E-state index contributed by atoms with van der Waals surface area (Å²) in [6.45, 7) is 7.07. The van der Waals surface area contributed by atoms with Crippen molar-refractivity contribution >= 4 is 5.91 Å². The lowest BCUT2D eigenvalue weighted by Gasteiger charge is -2.38. The van der Waals surface area contributed by atoms with E-state index in [-0.39, 0.29) is 23.6 Å². The van der Waals surface area contributed by atoms with Crippen LogP contribution in [-0.4, -0.2) is 48.5 Å². The van der Waals surface area contributed by atoms with Gasteiger partial charge in [0.05, 0.1) is 7.11 Å². The van der Waals surface area contributed by atoms with Crippen LogP contribution in [0.2, 0.25) is 0 Å². The quantitative estimate of drug-likeness (QED) is 0.488. The van der Waals surface area contributed by atoms with Crippen molar-refractivity contribution in [3.05, 3.63) is 65.5 Å². The molecule has 4 rings (SSSR count). The third kappa shape index (κ3) is 5.80. The molecular weight excluding hydrogens is 427 g/mol. The highest BCUT2D eigenvalue weighted by Gasteiger charge is 2.38. The van der Waals surface area contributed by atoms with Crippen LogP contribution >= 0.6 is 0 Å². The Morgan fingerprint density at radius 3 is 2.56 bits per heavy atom. The van der Waals surface area contributed by atoms with E-state index in [0.29, 0.717) is 18.5 Å². The minimum absolute atomic E-state index is 0.00637. The van der Waals surface area contributed by atoms with Crippen LogP contribution in [0.5, 0.6) is 5.75 Å². The van der Waals surface area contributed by atoms with Crippen molar-refractivity contribution in [1.29, 1.82) is 0 Å². The maximum atomic E-state index is 14.4. The molecule has 34 heavy (non-hydrogen) atoms. The minimum Gasteiger partial charge on any atom is -0.497 e. The average molecular weight is 467 g/mol. The molecule has 5 heteroatoms. The molecule has 2 aromatic carbocycles. The van der Waals surface area contributed by atoms with Gasteiger partial charge in [-0.1, -0.05) is 63.4 Å². The first-order valence-electron chi connectivity index (χ1n) is 12.9. The number of carbonyl (C=O) groups excluding carboxylic acids is 1. The van der Waals surface area contributed by atoms with Gasteiger partial charge in [-0.3, -0.25) is 9.69 Å². The summed E-state index contributed by atoms with van der Waals surface area (Å²) < 4.78 is 19.9. The van der Waals surface area contributed by atoms with E-state index in [1.165, 1.54) is 30.9 Å². The zero-order valence-corrected chi connectivity index (χ0v) is 20.9. The van der Waals surface area contributed by atoms with Gasteiger partial charge >= 0.3 is 0 Å². The highest BCUT2D eigenvalue weighted by atomic mass is 19.1. The Bertz CT molecular complexity index is 957. The molecule has 1 heterocycles. The van der Waals surface area contributed by atoms with Crippen LogP contribution in [0.15, 0.2) is 48.5 Å².